The van der Waals surface area contributed by atoms with Crippen molar-refractivity contribution in [1.29, 1.82) is 0 Å². The standard InChI is InChI=1S/C46H58ClN7O7/c1-7-30(2)40(54-24-23-52(45(54)60)28-35-17-11-13-31(3)48-35)42(56)49-38(26-32-14-9-8-10-15-32)39(55)29-53(51-43(57)41(46(4,5)6)50-44(58)59)27-33-16-12-18-37(25-33)61-36-21-19-34(47)20-22-36/h8-22,25,30,38-41,50,55H,7,23-24,26-29H2,1-6H3,(H,49,56)(H,51,57)(H,58,59)/t30-,38-,39-,40-,41+/m0/s1. The van der Waals surface area contributed by atoms with Crippen LogP contribution in [0, 0.1) is 18.3 Å². The van der Waals surface area contributed by atoms with E-state index in [-0.39, 0.29) is 31.5 Å². The summed E-state index contributed by atoms with van der Waals surface area (Å²) in [7, 11) is 0. The third kappa shape index (κ3) is 13.4. The van der Waals surface area contributed by atoms with Crippen molar-refractivity contribution in [2.75, 3.05) is 19.6 Å². The molecule has 1 fully saturated rings. The number of aryl methyl sites for hydroxylation is 1. The van der Waals surface area contributed by atoms with Crippen LogP contribution in [0.2, 0.25) is 5.02 Å². The molecule has 0 aliphatic carbocycles. The van der Waals surface area contributed by atoms with Crippen molar-refractivity contribution in [2.24, 2.45) is 11.3 Å². The molecular formula is C46H58ClN7O7. The van der Waals surface area contributed by atoms with Crippen molar-refractivity contribution in [1.82, 2.24) is 35.9 Å². The molecule has 5 rings (SSSR count). The Labute approximate surface area is 363 Å². The predicted octanol–water partition coefficient (Wildman–Crippen LogP) is 6.79. The molecule has 5 amide bonds. The molecule has 1 aromatic heterocycles. The van der Waals surface area contributed by atoms with E-state index < -0.39 is 47.6 Å². The van der Waals surface area contributed by atoms with E-state index in [0.29, 0.717) is 48.1 Å². The van der Waals surface area contributed by atoms with Gasteiger partial charge in [0.1, 0.15) is 23.6 Å². The van der Waals surface area contributed by atoms with Crippen LogP contribution >= 0.6 is 11.6 Å². The number of benzene rings is 3. The molecule has 3 aromatic carbocycles. The number of hydrazine groups is 1. The zero-order valence-electron chi connectivity index (χ0n) is 35.7. The van der Waals surface area contributed by atoms with Gasteiger partial charge in [0.05, 0.1) is 24.4 Å². The van der Waals surface area contributed by atoms with E-state index in [0.717, 1.165) is 17.0 Å². The molecule has 14 nitrogen and oxygen atoms in total. The van der Waals surface area contributed by atoms with Gasteiger partial charge in [-0.25, -0.2) is 14.6 Å². The summed E-state index contributed by atoms with van der Waals surface area (Å²) in [5.74, 6) is -0.169. The minimum absolute atomic E-state index is 0.0694. The van der Waals surface area contributed by atoms with Gasteiger partial charge >= 0.3 is 12.1 Å². The number of nitrogens with zero attached hydrogens (tertiary/aromatic N) is 4. The fraction of sp³-hybridized carbons (Fsp3) is 0.413. The summed E-state index contributed by atoms with van der Waals surface area (Å²) in [6.45, 7) is 12.0. The SMILES string of the molecule is CC[C@H](C)[C@@H](C(=O)N[C@@H](Cc1ccccc1)[C@@H](O)CN(Cc1cccc(Oc2ccc(Cl)cc2)c1)NC(=O)[C@@H](NC(=O)O)C(C)(C)C)N1CCN(Cc2cccc(C)n2)C1=O. The number of carbonyl (C=O) groups is 4. The zero-order valence-corrected chi connectivity index (χ0v) is 36.4. The number of hydrogen-bond donors (Lipinski definition) is 5. The van der Waals surface area contributed by atoms with Crippen molar-refractivity contribution in [3.8, 4) is 11.5 Å². The maximum absolute atomic E-state index is 14.5. The molecule has 61 heavy (non-hydrogen) atoms. The van der Waals surface area contributed by atoms with Crippen LogP contribution in [0.25, 0.3) is 0 Å². The highest BCUT2D eigenvalue weighted by Gasteiger charge is 2.41. The summed E-state index contributed by atoms with van der Waals surface area (Å²) in [5.41, 5.74) is 5.21. The molecule has 0 spiro atoms. The largest absolute Gasteiger partial charge is 0.465 e. The first kappa shape index (κ1) is 46.4. The lowest BCUT2D eigenvalue weighted by atomic mass is 9.86. The van der Waals surface area contributed by atoms with Crippen LogP contribution in [-0.4, -0.2) is 97.8 Å². The molecule has 5 N–H and O–H groups in total. The van der Waals surface area contributed by atoms with Gasteiger partial charge in [-0.3, -0.25) is 20.0 Å². The molecule has 4 aromatic rings. The van der Waals surface area contributed by atoms with Gasteiger partial charge in [-0.15, -0.1) is 0 Å². The molecule has 0 unspecified atom stereocenters. The first-order valence-electron chi connectivity index (χ1n) is 20.6. The molecule has 0 saturated carbocycles. The van der Waals surface area contributed by atoms with Crippen LogP contribution in [-0.2, 0) is 29.1 Å². The molecule has 326 valence electrons. The van der Waals surface area contributed by atoms with E-state index in [9.17, 15) is 29.4 Å². The Kier molecular flexibility index (Phi) is 16.1. The Balaban J connectivity index is 1.42. The van der Waals surface area contributed by atoms with Gasteiger partial charge in [-0.2, -0.15) is 0 Å². The second-order valence-corrected chi connectivity index (χ2v) is 17.1. The number of rotatable bonds is 19. The van der Waals surface area contributed by atoms with Gasteiger partial charge in [0, 0.05) is 36.9 Å². The second kappa shape index (κ2) is 21.2. The molecule has 15 heteroatoms. The van der Waals surface area contributed by atoms with Crippen LogP contribution in [0.1, 0.15) is 63.6 Å². The van der Waals surface area contributed by atoms with Crippen molar-refractivity contribution < 1.29 is 34.1 Å². The number of nitrogens with one attached hydrogen (secondary N) is 3. The lowest BCUT2D eigenvalue weighted by Crippen LogP contribution is -2.60. The first-order chi connectivity index (χ1) is 29.0. The number of pyridine rings is 1. The summed E-state index contributed by atoms with van der Waals surface area (Å²) in [6.07, 6.45) is -1.78. The Bertz CT molecular complexity index is 2100. The van der Waals surface area contributed by atoms with Gasteiger partial charge < -0.3 is 35.4 Å². The fourth-order valence-electron chi connectivity index (χ4n) is 7.33. The van der Waals surface area contributed by atoms with E-state index in [4.69, 9.17) is 16.3 Å². The van der Waals surface area contributed by atoms with E-state index in [1.54, 1.807) is 73.0 Å². The summed E-state index contributed by atoms with van der Waals surface area (Å²) in [4.78, 5) is 62.0. The molecule has 1 saturated heterocycles. The summed E-state index contributed by atoms with van der Waals surface area (Å²) in [6, 6.07) is 26.1. The van der Waals surface area contributed by atoms with E-state index >= 15 is 0 Å². The van der Waals surface area contributed by atoms with Crippen molar-refractivity contribution >= 4 is 35.5 Å². The average molecular weight is 856 g/mol. The van der Waals surface area contributed by atoms with Crippen LogP contribution in [0.5, 0.6) is 11.5 Å². The number of amides is 5. The van der Waals surface area contributed by atoms with Gasteiger partial charge in [-0.1, -0.05) is 101 Å². The van der Waals surface area contributed by atoms with Crippen LogP contribution in [0.15, 0.2) is 97.1 Å². The number of hydrogen-bond acceptors (Lipinski definition) is 8. The average Bonchev–Trinajstić information content (AvgIpc) is 3.55. The number of aliphatic hydroxyl groups excluding tert-OH is 1. The number of urea groups is 1. The van der Waals surface area contributed by atoms with E-state index in [1.165, 1.54) is 5.01 Å². The second-order valence-electron chi connectivity index (χ2n) is 16.7. The Morgan fingerprint density at radius 1 is 0.902 bits per heavy atom. The number of ether oxygens (including phenoxy) is 1. The molecule has 1 aliphatic heterocycles. The van der Waals surface area contributed by atoms with Gasteiger partial charge in [0.25, 0.3) is 5.91 Å². The molecule has 5 atom stereocenters. The van der Waals surface area contributed by atoms with E-state index in [1.807, 2.05) is 75.4 Å². The van der Waals surface area contributed by atoms with Crippen molar-refractivity contribution in [3.05, 3.63) is 125 Å². The third-order valence-corrected chi connectivity index (χ3v) is 10.9. The maximum Gasteiger partial charge on any atom is 0.405 e. The highest BCUT2D eigenvalue weighted by atomic mass is 35.5. The molecule has 1 aliphatic rings. The lowest BCUT2D eigenvalue weighted by molar-refractivity contribution is -0.132. The van der Waals surface area contributed by atoms with Gasteiger partial charge in [0.2, 0.25) is 5.91 Å². The summed E-state index contributed by atoms with van der Waals surface area (Å²) in [5, 5.41) is 29.3. The topological polar surface area (TPSA) is 177 Å². The number of aliphatic hydroxyl groups is 1. The van der Waals surface area contributed by atoms with Gasteiger partial charge in [0.15, 0.2) is 0 Å². The normalized spacial score (nSPS) is 15.5. The maximum atomic E-state index is 14.5. The summed E-state index contributed by atoms with van der Waals surface area (Å²) < 4.78 is 6.06. The quantitative estimate of drug-likeness (QED) is 0.0636. The fourth-order valence-corrected chi connectivity index (χ4v) is 7.45. The van der Waals surface area contributed by atoms with Crippen molar-refractivity contribution in [2.45, 2.75) is 91.7 Å². The molecule has 2 heterocycles. The Morgan fingerprint density at radius 2 is 1.59 bits per heavy atom. The van der Waals surface area contributed by atoms with Crippen LogP contribution < -0.4 is 20.8 Å². The monoisotopic (exact) mass is 855 g/mol. The minimum Gasteiger partial charge on any atom is -0.465 e. The minimum atomic E-state index is -1.36. The molecule has 0 bridgehead atoms. The lowest BCUT2D eigenvalue weighted by Gasteiger charge is -2.36. The Hall–Kier alpha value is -5.70. The highest BCUT2D eigenvalue weighted by Crippen LogP contribution is 2.26. The van der Waals surface area contributed by atoms with Crippen LogP contribution in [0.4, 0.5) is 9.59 Å². The highest BCUT2D eigenvalue weighted by molar-refractivity contribution is 6.30. The van der Waals surface area contributed by atoms with Gasteiger partial charge in [-0.05, 0) is 84.3 Å². The Morgan fingerprint density at radius 3 is 2.25 bits per heavy atom. The molecular weight excluding hydrogens is 798 g/mol. The number of aromatic nitrogens is 1. The number of carboxylic acid groups (broad SMARTS) is 1. The smallest absolute Gasteiger partial charge is 0.405 e. The third-order valence-electron chi connectivity index (χ3n) is 10.7. The summed E-state index contributed by atoms with van der Waals surface area (Å²) >= 11 is 6.06. The van der Waals surface area contributed by atoms with Crippen molar-refractivity contribution in [3.63, 3.8) is 0 Å². The van der Waals surface area contributed by atoms with E-state index in [2.05, 4.69) is 21.0 Å². The first-order valence-corrected chi connectivity index (χ1v) is 21.0. The number of halogens is 1. The molecule has 0 radical (unpaired) electrons. The predicted molar refractivity (Wildman–Crippen MR) is 234 cm³/mol. The number of carbonyl (C=O) groups excluding carboxylic acids is 3. The zero-order chi connectivity index (χ0) is 44.3. The van der Waals surface area contributed by atoms with Crippen LogP contribution in [0.3, 0.4) is 0 Å².